The van der Waals surface area contributed by atoms with Crippen LogP contribution in [0.5, 0.6) is 0 Å². The molecule has 0 saturated heterocycles. The Bertz CT molecular complexity index is 554. The molecule has 190 valence electrons. The van der Waals surface area contributed by atoms with Gasteiger partial charge in [0.2, 0.25) is 0 Å². The Kier molecular flexibility index (Phi) is 24.2. The van der Waals surface area contributed by atoms with Crippen molar-refractivity contribution in [1.82, 2.24) is 0 Å². The summed E-state index contributed by atoms with van der Waals surface area (Å²) in [6.07, 6.45) is 28.9. The molecule has 0 amide bonds. The Balaban J connectivity index is 0.00000497. The highest BCUT2D eigenvalue weighted by molar-refractivity contribution is 5.57. The second kappa shape index (κ2) is 25.3. The number of nitrogens with zero attached hydrogens (tertiary/aromatic N) is 1. The lowest BCUT2D eigenvalue weighted by molar-refractivity contribution is 0.539. The quantitative estimate of drug-likeness (QED) is 0.137. The normalized spacial score (nSPS) is 12.3. The maximum absolute atomic E-state index is 5.02. The molecule has 1 atom stereocenters. The number of allylic oxidation sites excluding steroid dienone is 1. The Morgan fingerprint density at radius 1 is 0.667 bits per heavy atom. The largest absolute Gasteiger partial charge is 0.294 e. The fourth-order valence-corrected chi connectivity index (χ4v) is 4.03. The maximum Gasteiger partial charge on any atom is 0.0536 e. The van der Waals surface area contributed by atoms with Crippen molar-refractivity contribution in [2.24, 2.45) is 4.99 Å². The van der Waals surface area contributed by atoms with Gasteiger partial charge in [-0.2, -0.15) is 0 Å². The number of benzene rings is 1. The van der Waals surface area contributed by atoms with Crippen LogP contribution in [0.15, 0.2) is 35.3 Å². The van der Waals surface area contributed by atoms with Crippen molar-refractivity contribution in [3.05, 3.63) is 41.5 Å². The van der Waals surface area contributed by atoms with Crippen LogP contribution in [-0.4, -0.2) is 12.3 Å². The van der Waals surface area contributed by atoms with Gasteiger partial charge in [0.1, 0.15) is 0 Å². The first-order valence-electron chi connectivity index (χ1n) is 14.6. The predicted molar refractivity (Wildman–Crippen MR) is 154 cm³/mol. The minimum atomic E-state index is 0.452. The zero-order valence-corrected chi connectivity index (χ0v) is 23.1. The van der Waals surface area contributed by atoms with E-state index in [1.807, 2.05) is 13.8 Å². The molecule has 0 radical (unpaired) electrons. The lowest BCUT2D eigenvalue weighted by Gasteiger charge is -2.13. The SMILES string of the molecule is CC.CCCC/C=C/c1ccc(CC(CCCCCCC)N=CCCCCCCCC)cc1. The molecule has 0 bridgehead atoms. The Morgan fingerprint density at radius 3 is 1.88 bits per heavy atom. The van der Waals surface area contributed by atoms with Crippen molar-refractivity contribution in [3.8, 4) is 0 Å². The minimum absolute atomic E-state index is 0.452. The van der Waals surface area contributed by atoms with Crippen LogP contribution in [0.25, 0.3) is 6.08 Å². The molecule has 0 fully saturated rings. The predicted octanol–water partition coefficient (Wildman–Crippen LogP) is 11.0. The lowest BCUT2D eigenvalue weighted by atomic mass is 9.99. The molecule has 0 spiro atoms. The van der Waals surface area contributed by atoms with Gasteiger partial charge in [0.05, 0.1) is 6.04 Å². The van der Waals surface area contributed by atoms with Gasteiger partial charge in [0.15, 0.2) is 0 Å². The van der Waals surface area contributed by atoms with Gasteiger partial charge in [-0.05, 0) is 49.4 Å². The van der Waals surface area contributed by atoms with Crippen molar-refractivity contribution in [2.75, 3.05) is 0 Å². The molecule has 1 aromatic carbocycles. The van der Waals surface area contributed by atoms with Gasteiger partial charge in [-0.1, -0.05) is 148 Å². The number of aliphatic imine (C=N–C) groups is 1. The smallest absolute Gasteiger partial charge is 0.0536 e. The number of hydrogen-bond donors (Lipinski definition) is 0. The summed E-state index contributed by atoms with van der Waals surface area (Å²) in [5.41, 5.74) is 2.75. The summed E-state index contributed by atoms with van der Waals surface area (Å²) in [6, 6.07) is 9.62. The van der Waals surface area contributed by atoms with Crippen molar-refractivity contribution in [3.63, 3.8) is 0 Å². The molecule has 0 aliphatic heterocycles. The summed E-state index contributed by atoms with van der Waals surface area (Å²) in [6.45, 7) is 10.8. The average Bonchev–Trinajstić information content (AvgIpc) is 2.85. The number of hydrogen-bond acceptors (Lipinski definition) is 1. The van der Waals surface area contributed by atoms with Gasteiger partial charge in [0, 0.05) is 0 Å². The molecule has 1 heteroatoms. The van der Waals surface area contributed by atoms with Crippen molar-refractivity contribution < 1.29 is 0 Å². The summed E-state index contributed by atoms with van der Waals surface area (Å²) in [5, 5.41) is 0. The second-order valence-electron chi connectivity index (χ2n) is 9.24. The average molecular weight is 456 g/mol. The molecule has 1 rings (SSSR count). The molecule has 1 unspecified atom stereocenters. The third-order valence-electron chi connectivity index (χ3n) is 6.13. The summed E-state index contributed by atoms with van der Waals surface area (Å²) < 4.78 is 0. The molecule has 0 heterocycles. The molecule has 1 nitrogen and oxygen atoms in total. The van der Waals surface area contributed by atoms with Crippen LogP contribution in [0.2, 0.25) is 0 Å². The van der Waals surface area contributed by atoms with E-state index in [4.69, 9.17) is 4.99 Å². The molecule has 0 aromatic heterocycles. The Labute approximate surface area is 208 Å². The minimum Gasteiger partial charge on any atom is -0.294 e. The molecule has 0 aliphatic carbocycles. The van der Waals surface area contributed by atoms with E-state index in [1.54, 1.807) is 0 Å². The van der Waals surface area contributed by atoms with Crippen LogP contribution in [0, 0.1) is 0 Å². The third kappa shape index (κ3) is 19.8. The highest BCUT2D eigenvalue weighted by Crippen LogP contribution is 2.16. The first-order valence-corrected chi connectivity index (χ1v) is 14.6. The van der Waals surface area contributed by atoms with E-state index in [1.165, 1.54) is 107 Å². The van der Waals surface area contributed by atoms with Crippen molar-refractivity contribution in [1.29, 1.82) is 0 Å². The zero-order chi connectivity index (χ0) is 24.4. The molecule has 0 saturated carbocycles. The van der Waals surface area contributed by atoms with E-state index in [2.05, 4.69) is 63.4 Å². The fourth-order valence-electron chi connectivity index (χ4n) is 4.03. The summed E-state index contributed by atoms with van der Waals surface area (Å²) in [7, 11) is 0. The van der Waals surface area contributed by atoms with Crippen LogP contribution in [0.4, 0.5) is 0 Å². The van der Waals surface area contributed by atoms with Crippen LogP contribution in [0.1, 0.15) is 148 Å². The molecule has 1 aromatic rings. The van der Waals surface area contributed by atoms with Gasteiger partial charge in [-0.15, -0.1) is 0 Å². The van der Waals surface area contributed by atoms with Gasteiger partial charge >= 0.3 is 0 Å². The van der Waals surface area contributed by atoms with Crippen molar-refractivity contribution in [2.45, 2.75) is 150 Å². The van der Waals surface area contributed by atoms with E-state index >= 15 is 0 Å². The van der Waals surface area contributed by atoms with E-state index in [0.29, 0.717) is 6.04 Å². The van der Waals surface area contributed by atoms with Gasteiger partial charge < -0.3 is 0 Å². The van der Waals surface area contributed by atoms with Crippen LogP contribution < -0.4 is 0 Å². The van der Waals surface area contributed by atoms with Gasteiger partial charge in [0.25, 0.3) is 0 Å². The highest BCUT2D eigenvalue weighted by atomic mass is 14.8. The summed E-state index contributed by atoms with van der Waals surface area (Å²) >= 11 is 0. The first-order chi connectivity index (χ1) is 16.3. The standard InChI is InChI=1S/C30H51N.C2H6/c1-4-7-10-13-14-16-19-26-31-30(21-18-15-11-8-5-2)27-29-24-22-28(23-25-29)20-17-12-9-6-3;1-2/h17,20,22-26,30H,4-16,18-19,21,27H2,1-3H3;1-2H3/b20-17+,31-26?;. The van der Waals surface area contributed by atoms with Crippen LogP contribution >= 0.6 is 0 Å². The Hall–Kier alpha value is -1.37. The molecule has 33 heavy (non-hydrogen) atoms. The number of rotatable bonds is 20. The monoisotopic (exact) mass is 455 g/mol. The molecular formula is C32H57N. The van der Waals surface area contributed by atoms with E-state index < -0.39 is 0 Å². The first kappa shape index (κ1) is 31.6. The van der Waals surface area contributed by atoms with E-state index in [9.17, 15) is 0 Å². The summed E-state index contributed by atoms with van der Waals surface area (Å²) in [4.78, 5) is 5.02. The maximum atomic E-state index is 5.02. The van der Waals surface area contributed by atoms with Gasteiger partial charge in [-0.25, -0.2) is 0 Å². The van der Waals surface area contributed by atoms with E-state index in [-0.39, 0.29) is 0 Å². The lowest BCUT2D eigenvalue weighted by Crippen LogP contribution is -2.09. The van der Waals surface area contributed by atoms with Crippen LogP contribution in [-0.2, 0) is 6.42 Å². The molecule has 0 aliphatic rings. The van der Waals surface area contributed by atoms with Crippen LogP contribution in [0.3, 0.4) is 0 Å². The zero-order valence-electron chi connectivity index (χ0n) is 23.1. The summed E-state index contributed by atoms with van der Waals surface area (Å²) in [5.74, 6) is 0. The van der Waals surface area contributed by atoms with Crippen molar-refractivity contribution >= 4 is 12.3 Å². The number of unbranched alkanes of at least 4 members (excludes halogenated alkanes) is 12. The second-order valence-corrected chi connectivity index (χ2v) is 9.24. The third-order valence-corrected chi connectivity index (χ3v) is 6.13. The Morgan fingerprint density at radius 2 is 1.24 bits per heavy atom. The fraction of sp³-hybridized carbons (Fsp3) is 0.719. The highest BCUT2D eigenvalue weighted by Gasteiger charge is 2.08. The molecular weight excluding hydrogens is 398 g/mol. The topological polar surface area (TPSA) is 12.4 Å². The molecule has 0 N–H and O–H groups in total. The van der Waals surface area contributed by atoms with Gasteiger partial charge in [-0.3, -0.25) is 4.99 Å². The van der Waals surface area contributed by atoms with E-state index in [0.717, 1.165) is 12.8 Å².